The van der Waals surface area contributed by atoms with E-state index in [1.807, 2.05) is 35.5 Å². The zero-order chi connectivity index (χ0) is 17.3. The van der Waals surface area contributed by atoms with Gasteiger partial charge in [0.05, 0.1) is 5.56 Å². The third kappa shape index (κ3) is 3.84. The van der Waals surface area contributed by atoms with Crippen molar-refractivity contribution in [3.63, 3.8) is 0 Å². The lowest BCUT2D eigenvalue weighted by atomic mass is 9.99. The molecule has 1 fully saturated rings. The van der Waals surface area contributed by atoms with E-state index in [4.69, 9.17) is 11.6 Å². The zero-order valence-electron chi connectivity index (χ0n) is 14.6. The number of rotatable bonds is 3. The van der Waals surface area contributed by atoms with Crippen molar-refractivity contribution < 1.29 is 4.79 Å². The Balaban J connectivity index is 1.61. The first-order chi connectivity index (χ1) is 11.3. The maximum absolute atomic E-state index is 12.7. The summed E-state index contributed by atoms with van der Waals surface area (Å²) in [5, 5.41) is 0.769. The average molecular weight is 345 g/mol. The van der Waals surface area contributed by atoms with E-state index in [1.54, 1.807) is 0 Å². The summed E-state index contributed by atoms with van der Waals surface area (Å²) in [6.07, 6.45) is 6.03. The number of aromatic nitrogens is 1. The van der Waals surface area contributed by atoms with Crippen LogP contribution in [0.2, 0.25) is 5.02 Å². The smallest absolute Gasteiger partial charge is 0.255 e. The number of halogens is 1. The van der Waals surface area contributed by atoms with Gasteiger partial charge in [-0.3, -0.25) is 4.79 Å². The summed E-state index contributed by atoms with van der Waals surface area (Å²) in [6.45, 7) is 8.09. The second-order valence-corrected chi connectivity index (χ2v) is 8.15. The highest BCUT2D eigenvalue weighted by Gasteiger charge is 2.28. The van der Waals surface area contributed by atoms with Gasteiger partial charge in [-0.1, -0.05) is 23.7 Å². The van der Waals surface area contributed by atoms with E-state index in [0.717, 1.165) is 36.5 Å². The van der Waals surface area contributed by atoms with E-state index >= 15 is 0 Å². The molecule has 0 N–H and O–H groups in total. The van der Waals surface area contributed by atoms with Crippen molar-refractivity contribution in [1.82, 2.24) is 9.47 Å². The van der Waals surface area contributed by atoms with Crippen molar-refractivity contribution in [2.45, 2.75) is 39.2 Å². The number of benzene rings is 1. The van der Waals surface area contributed by atoms with Crippen LogP contribution in [-0.2, 0) is 12.0 Å². The Morgan fingerprint density at radius 3 is 2.54 bits per heavy atom. The quantitative estimate of drug-likeness (QED) is 0.798. The van der Waals surface area contributed by atoms with Gasteiger partial charge in [-0.25, -0.2) is 0 Å². The Morgan fingerprint density at radius 2 is 1.92 bits per heavy atom. The number of hydrogen-bond donors (Lipinski definition) is 0. The van der Waals surface area contributed by atoms with Gasteiger partial charge in [0, 0.05) is 36.0 Å². The summed E-state index contributed by atoms with van der Waals surface area (Å²) in [6, 6.07) is 9.96. The first kappa shape index (κ1) is 17.1. The molecule has 1 amide bonds. The first-order valence-electron chi connectivity index (χ1n) is 8.55. The minimum Gasteiger partial charge on any atom is -0.348 e. The van der Waals surface area contributed by atoms with Gasteiger partial charge in [0.2, 0.25) is 0 Å². The van der Waals surface area contributed by atoms with Crippen molar-refractivity contribution in [3.8, 4) is 0 Å². The standard InChI is InChI=1S/C20H25ClN2O/c1-20(2,3)23-11-9-17(14-23)19(24)22-10-8-16(13-22)12-15-4-6-18(21)7-5-15/h4-7,9,11,14,16H,8,10,12-13H2,1-3H3. The monoisotopic (exact) mass is 344 g/mol. The number of likely N-dealkylation sites (tertiary alicyclic amines) is 1. The molecule has 1 aliphatic rings. The lowest BCUT2D eigenvalue weighted by Crippen LogP contribution is -2.29. The molecule has 1 atom stereocenters. The second-order valence-electron chi connectivity index (χ2n) is 7.71. The van der Waals surface area contributed by atoms with Gasteiger partial charge in [0.15, 0.2) is 0 Å². The molecule has 2 aromatic rings. The minimum atomic E-state index is 0.000653. The van der Waals surface area contributed by atoms with Crippen molar-refractivity contribution in [1.29, 1.82) is 0 Å². The summed E-state index contributed by atoms with van der Waals surface area (Å²) < 4.78 is 2.10. The van der Waals surface area contributed by atoms with E-state index in [9.17, 15) is 4.79 Å². The summed E-state index contributed by atoms with van der Waals surface area (Å²) in [5.41, 5.74) is 2.08. The van der Waals surface area contributed by atoms with Crippen molar-refractivity contribution in [3.05, 3.63) is 58.9 Å². The number of hydrogen-bond acceptors (Lipinski definition) is 1. The molecule has 1 unspecified atom stereocenters. The molecule has 0 saturated carbocycles. The van der Waals surface area contributed by atoms with Crippen LogP contribution in [0.4, 0.5) is 0 Å². The molecule has 0 bridgehead atoms. The Bertz CT molecular complexity index is 712. The van der Waals surface area contributed by atoms with Crippen LogP contribution in [0.25, 0.3) is 0 Å². The topological polar surface area (TPSA) is 25.2 Å². The summed E-state index contributed by atoms with van der Waals surface area (Å²) in [4.78, 5) is 14.7. The second kappa shape index (κ2) is 6.64. The highest BCUT2D eigenvalue weighted by molar-refractivity contribution is 6.30. The molecule has 2 heterocycles. The Labute approximate surface area is 149 Å². The van der Waals surface area contributed by atoms with E-state index in [1.165, 1.54) is 5.56 Å². The summed E-state index contributed by atoms with van der Waals surface area (Å²) >= 11 is 5.94. The van der Waals surface area contributed by atoms with Gasteiger partial charge in [0.25, 0.3) is 5.91 Å². The fourth-order valence-corrected chi connectivity index (χ4v) is 3.39. The predicted molar refractivity (Wildman–Crippen MR) is 98.6 cm³/mol. The summed E-state index contributed by atoms with van der Waals surface area (Å²) in [7, 11) is 0. The third-order valence-corrected chi connectivity index (χ3v) is 4.98. The molecule has 1 aliphatic heterocycles. The largest absolute Gasteiger partial charge is 0.348 e. The van der Waals surface area contributed by atoms with Gasteiger partial charge < -0.3 is 9.47 Å². The predicted octanol–water partition coefficient (Wildman–Crippen LogP) is 4.60. The highest BCUT2D eigenvalue weighted by Crippen LogP contribution is 2.24. The molecule has 1 aromatic heterocycles. The minimum absolute atomic E-state index is 0.000653. The van der Waals surface area contributed by atoms with Crippen LogP contribution in [0.15, 0.2) is 42.7 Å². The Hall–Kier alpha value is -1.74. The molecule has 128 valence electrons. The van der Waals surface area contributed by atoms with Crippen LogP contribution >= 0.6 is 11.6 Å². The van der Waals surface area contributed by atoms with E-state index in [-0.39, 0.29) is 11.4 Å². The maximum Gasteiger partial charge on any atom is 0.255 e. The van der Waals surface area contributed by atoms with Crippen molar-refractivity contribution >= 4 is 17.5 Å². The SMILES string of the molecule is CC(C)(C)n1ccc(C(=O)N2CCC(Cc3ccc(Cl)cc3)C2)c1. The number of nitrogens with zero attached hydrogens (tertiary/aromatic N) is 2. The molecule has 0 aliphatic carbocycles. The van der Waals surface area contributed by atoms with Crippen LogP contribution in [0.1, 0.15) is 43.1 Å². The van der Waals surface area contributed by atoms with Crippen LogP contribution in [-0.4, -0.2) is 28.5 Å². The van der Waals surface area contributed by atoms with Crippen LogP contribution in [0.5, 0.6) is 0 Å². The van der Waals surface area contributed by atoms with Crippen LogP contribution in [0.3, 0.4) is 0 Å². The van der Waals surface area contributed by atoms with E-state index in [0.29, 0.717) is 5.92 Å². The average Bonchev–Trinajstić information content (AvgIpc) is 3.18. The molecule has 3 nitrogen and oxygen atoms in total. The molecule has 4 heteroatoms. The first-order valence-corrected chi connectivity index (χ1v) is 8.93. The molecule has 1 aromatic carbocycles. The van der Waals surface area contributed by atoms with Crippen molar-refractivity contribution in [2.75, 3.05) is 13.1 Å². The zero-order valence-corrected chi connectivity index (χ0v) is 15.4. The lowest BCUT2D eigenvalue weighted by Gasteiger charge is -2.21. The van der Waals surface area contributed by atoms with Crippen molar-refractivity contribution in [2.24, 2.45) is 5.92 Å². The van der Waals surface area contributed by atoms with E-state index < -0.39 is 0 Å². The summed E-state index contributed by atoms with van der Waals surface area (Å²) in [5.74, 6) is 0.677. The number of carbonyl (C=O) groups is 1. The van der Waals surface area contributed by atoms with Gasteiger partial charge in [0.1, 0.15) is 0 Å². The molecular formula is C20H25ClN2O. The lowest BCUT2D eigenvalue weighted by molar-refractivity contribution is 0.0787. The van der Waals surface area contributed by atoms with Gasteiger partial charge in [-0.2, -0.15) is 0 Å². The fourth-order valence-electron chi connectivity index (χ4n) is 3.26. The van der Waals surface area contributed by atoms with Gasteiger partial charge in [-0.05, 0) is 63.3 Å². The third-order valence-electron chi connectivity index (χ3n) is 4.73. The molecule has 0 radical (unpaired) electrons. The molecule has 0 spiro atoms. The maximum atomic E-state index is 12.7. The molecule has 24 heavy (non-hydrogen) atoms. The number of amides is 1. The van der Waals surface area contributed by atoms with Gasteiger partial charge in [-0.15, -0.1) is 0 Å². The van der Waals surface area contributed by atoms with Gasteiger partial charge >= 0.3 is 0 Å². The van der Waals surface area contributed by atoms with Crippen LogP contribution in [0, 0.1) is 5.92 Å². The highest BCUT2D eigenvalue weighted by atomic mass is 35.5. The fraction of sp³-hybridized carbons (Fsp3) is 0.450. The number of carbonyl (C=O) groups excluding carboxylic acids is 1. The molecule has 1 saturated heterocycles. The Morgan fingerprint density at radius 1 is 1.21 bits per heavy atom. The normalized spacial score (nSPS) is 18.2. The molecular weight excluding hydrogens is 320 g/mol. The Kier molecular flexibility index (Phi) is 4.73. The van der Waals surface area contributed by atoms with E-state index in [2.05, 4.69) is 37.5 Å². The van der Waals surface area contributed by atoms with Crippen LogP contribution < -0.4 is 0 Å². The molecule has 3 rings (SSSR count).